The average molecular weight is 446 g/mol. The molecule has 3 aromatic carbocycles. The van der Waals surface area contributed by atoms with Crippen LogP contribution >= 0.6 is 0 Å². The van der Waals surface area contributed by atoms with Gasteiger partial charge in [0.15, 0.2) is 0 Å². The molecule has 0 amide bonds. The zero-order chi connectivity index (χ0) is 24.2. The molecule has 0 aliphatic rings. The second-order valence-electron chi connectivity index (χ2n) is 8.07. The first-order chi connectivity index (χ1) is 16.7. The fraction of sp³-hybridized carbons (Fsp3) is 0.152. The van der Waals surface area contributed by atoms with Crippen LogP contribution < -0.4 is 4.90 Å². The van der Waals surface area contributed by atoms with Crippen molar-refractivity contribution in [2.45, 2.75) is 34.1 Å². The molecule has 0 aliphatic heterocycles. The Hall–Kier alpha value is -3.84. The van der Waals surface area contributed by atoms with Crippen LogP contribution in [0, 0.1) is 0 Å². The zero-order valence-electron chi connectivity index (χ0n) is 20.8. The molecule has 34 heavy (non-hydrogen) atoms. The van der Waals surface area contributed by atoms with Crippen LogP contribution in [0.4, 0.5) is 11.4 Å². The highest BCUT2D eigenvalue weighted by Crippen LogP contribution is 2.32. The predicted molar refractivity (Wildman–Crippen MR) is 150 cm³/mol. The molecule has 0 unspecified atom stereocenters. The average Bonchev–Trinajstić information content (AvgIpc) is 2.89. The van der Waals surface area contributed by atoms with E-state index in [4.69, 9.17) is 0 Å². The highest BCUT2D eigenvalue weighted by Gasteiger charge is 2.11. The van der Waals surface area contributed by atoms with Crippen LogP contribution in [-0.2, 0) is 0 Å². The number of anilines is 2. The molecule has 0 aliphatic carbocycles. The topological polar surface area (TPSA) is 3.24 Å². The third kappa shape index (κ3) is 6.59. The summed E-state index contributed by atoms with van der Waals surface area (Å²) in [5.74, 6) is 0. The van der Waals surface area contributed by atoms with Crippen LogP contribution in [0.1, 0.15) is 34.1 Å². The van der Waals surface area contributed by atoms with Crippen LogP contribution in [0.2, 0.25) is 0 Å². The summed E-state index contributed by atoms with van der Waals surface area (Å²) in [7, 11) is 0. The monoisotopic (exact) mass is 445 g/mol. The number of hydrogen-bond donors (Lipinski definition) is 0. The van der Waals surface area contributed by atoms with Crippen LogP contribution in [0.5, 0.6) is 0 Å². The summed E-state index contributed by atoms with van der Waals surface area (Å²) in [6, 6.07) is 29.8. The van der Waals surface area contributed by atoms with Gasteiger partial charge in [-0.2, -0.15) is 0 Å². The molecule has 1 nitrogen and oxygen atoms in total. The lowest BCUT2D eigenvalue weighted by Crippen LogP contribution is -2.14. The highest BCUT2D eigenvalue weighted by atomic mass is 15.1. The van der Waals surface area contributed by atoms with Gasteiger partial charge in [0.2, 0.25) is 0 Å². The number of rotatable bonds is 9. The van der Waals surface area contributed by atoms with Gasteiger partial charge in [-0.05, 0) is 79.8 Å². The van der Waals surface area contributed by atoms with Crippen molar-refractivity contribution in [2.75, 3.05) is 4.90 Å². The van der Waals surface area contributed by atoms with Crippen molar-refractivity contribution < 1.29 is 0 Å². The van der Waals surface area contributed by atoms with Gasteiger partial charge in [0.1, 0.15) is 0 Å². The predicted octanol–water partition coefficient (Wildman–Crippen LogP) is 9.81. The Morgan fingerprint density at radius 2 is 1.26 bits per heavy atom. The molecule has 0 saturated carbocycles. The first kappa shape index (κ1) is 24.8. The van der Waals surface area contributed by atoms with E-state index in [0.29, 0.717) is 0 Å². The van der Waals surface area contributed by atoms with E-state index in [0.717, 1.165) is 23.5 Å². The van der Waals surface area contributed by atoms with Crippen molar-refractivity contribution in [2.24, 2.45) is 0 Å². The number of benzene rings is 3. The Morgan fingerprint density at radius 1 is 0.676 bits per heavy atom. The van der Waals surface area contributed by atoms with E-state index >= 15 is 0 Å². The molecule has 1 heteroatoms. The molecule has 0 saturated heterocycles. The Labute approximate surface area is 205 Å². The van der Waals surface area contributed by atoms with E-state index in [9.17, 15) is 0 Å². The van der Waals surface area contributed by atoms with E-state index in [-0.39, 0.29) is 0 Å². The van der Waals surface area contributed by atoms with Gasteiger partial charge in [0.25, 0.3) is 0 Å². The zero-order valence-corrected chi connectivity index (χ0v) is 20.8. The standard InChI is InChI=1S/C33H35N/c1-5-8-16-28(7-3)29(15-6-2)22-21-27(4)34(32-19-13-10-14-20-32)33-25-23-31(24-26-33)30-17-11-9-12-18-30/h6-26H,5H2,1-4H3/b15-6-,16-8-,27-21+,28-7+,29-22+. The molecule has 0 heterocycles. The molecule has 3 rings (SSSR count). The molecule has 0 radical (unpaired) electrons. The fourth-order valence-electron chi connectivity index (χ4n) is 3.88. The largest absolute Gasteiger partial charge is 0.315 e. The number of allylic oxidation sites excluding steroid dienone is 10. The molecule has 172 valence electrons. The van der Waals surface area contributed by atoms with Crippen molar-refractivity contribution in [3.63, 3.8) is 0 Å². The molecule has 0 aromatic heterocycles. The van der Waals surface area contributed by atoms with Crippen LogP contribution in [-0.4, -0.2) is 0 Å². The van der Waals surface area contributed by atoms with E-state index in [2.05, 4.69) is 160 Å². The quantitative estimate of drug-likeness (QED) is 0.296. The fourth-order valence-corrected chi connectivity index (χ4v) is 3.88. The Morgan fingerprint density at radius 3 is 1.85 bits per heavy atom. The van der Waals surface area contributed by atoms with Gasteiger partial charge in [0, 0.05) is 17.1 Å². The molecule has 0 fully saturated rings. The molecular weight excluding hydrogens is 410 g/mol. The summed E-state index contributed by atoms with van der Waals surface area (Å²) in [6.07, 6.45) is 16.3. The second-order valence-corrected chi connectivity index (χ2v) is 8.07. The summed E-state index contributed by atoms with van der Waals surface area (Å²) < 4.78 is 0. The summed E-state index contributed by atoms with van der Waals surface area (Å²) in [4.78, 5) is 2.30. The van der Waals surface area contributed by atoms with Crippen molar-refractivity contribution in [1.29, 1.82) is 0 Å². The number of para-hydroxylation sites is 1. The lowest BCUT2D eigenvalue weighted by Gasteiger charge is -2.26. The summed E-state index contributed by atoms with van der Waals surface area (Å²) in [6.45, 7) is 8.48. The third-order valence-corrected chi connectivity index (χ3v) is 5.63. The van der Waals surface area contributed by atoms with Gasteiger partial charge in [-0.3, -0.25) is 0 Å². The smallest absolute Gasteiger partial charge is 0.0458 e. The molecule has 0 N–H and O–H groups in total. The summed E-state index contributed by atoms with van der Waals surface area (Å²) in [5.41, 5.74) is 8.29. The first-order valence-corrected chi connectivity index (χ1v) is 12.0. The minimum Gasteiger partial charge on any atom is -0.315 e. The van der Waals surface area contributed by atoms with Gasteiger partial charge < -0.3 is 4.90 Å². The SMILES string of the molecule is C\C=C/C(=C\C=C(/C)N(c1ccccc1)c1ccc(-c2ccccc2)cc1)C(/C=C\CC)=C/C. The molecule has 0 bridgehead atoms. The lowest BCUT2D eigenvalue weighted by atomic mass is 10.0. The minimum absolute atomic E-state index is 1.02. The molecule has 0 atom stereocenters. The summed E-state index contributed by atoms with van der Waals surface area (Å²) in [5, 5.41) is 0. The van der Waals surface area contributed by atoms with Crippen LogP contribution in [0.15, 0.2) is 144 Å². The van der Waals surface area contributed by atoms with Crippen LogP contribution in [0.3, 0.4) is 0 Å². The molecule has 0 spiro atoms. The maximum absolute atomic E-state index is 2.30. The summed E-state index contributed by atoms with van der Waals surface area (Å²) >= 11 is 0. The molecule has 3 aromatic rings. The van der Waals surface area contributed by atoms with Crippen molar-refractivity contribution in [3.05, 3.63) is 144 Å². The first-order valence-electron chi connectivity index (χ1n) is 12.0. The maximum Gasteiger partial charge on any atom is 0.0458 e. The minimum atomic E-state index is 1.02. The van der Waals surface area contributed by atoms with Crippen LogP contribution in [0.25, 0.3) is 11.1 Å². The van der Waals surface area contributed by atoms with Crippen molar-refractivity contribution in [3.8, 4) is 11.1 Å². The van der Waals surface area contributed by atoms with Crippen molar-refractivity contribution >= 4 is 11.4 Å². The van der Waals surface area contributed by atoms with Gasteiger partial charge in [-0.25, -0.2) is 0 Å². The lowest BCUT2D eigenvalue weighted by molar-refractivity contribution is 1.15. The van der Waals surface area contributed by atoms with Gasteiger partial charge in [-0.1, -0.05) is 104 Å². The van der Waals surface area contributed by atoms with E-state index < -0.39 is 0 Å². The third-order valence-electron chi connectivity index (χ3n) is 5.63. The Kier molecular flexibility index (Phi) is 9.49. The van der Waals surface area contributed by atoms with E-state index in [1.54, 1.807) is 0 Å². The van der Waals surface area contributed by atoms with Crippen molar-refractivity contribution in [1.82, 2.24) is 0 Å². The number of nitrogens with zero attached hydrogens (tertiary/aromatic N) is 1. The number of hydrogen-bond acceptors (Lipinski definition) is 1. The Balaban J connectivity index is 2.01. The van der Waals surface area contributed by atoms with E-state index in [1.165, 1.54) is 22.3 Å². The highest BCUT2D eigenvalue weighted by molar-refractivity contribution is 5.72. The molecular formula is C33H35N. The Bertz CT molecular complexity index is 1170. The normalized spacial score (nSPS) is 13.1. The van der Waals surface area contributed by atoms with E-state index in [1.807, 2.05) is 0 Å². The maximum atomic E-state index is 2.30. The second kappa shape index (κ2) is 13.0. The van der Waals surface area contributed by atoms with Gasteiger partial charge >= 0.3 is 0 Å². The van der Waals surface area contributed by atoms with Gasteiger partial charge in [-0.15, -0.1) is 0 Å². The van der Waals surface area contributed by atoms with Gasteiger partial charge in [0.05, 0.1) is 0 Å².